The summed E-state index contributed by atoms with van der Waals surface area (Å²) in [7, 11) is 0. The maximum atomic E-state index is 10.4. The molecule has 0 aliphatic rings. The van der Waals surface area contributed by atoms with Crippen molar-refractivity contribution in [2.75, 3.05) is 5.73 Å². The lowest BCUT2D eigenvalue weighted by Crippen LogP contribution is -2.10. The number of anilines is 1. The molecule has 3 heterocycles. The molecule has 11 nitrogen and oxygen atoms in total. The highest BCUT2D eigenvalue weighted by Gasteiger charge is 2.04. The Morgan fingerprint density at radius 2 is 2.23 bits per heavy atom. The van der Waals surface area contributed by atoms with E-state index in [4.69, 9.17) is 17.0 Å². The third-order valence-corrected chi connectivity index (χ3v) is 2.38. The van der Waals surface area contributed by atoms with E-state index in [2.05, 4.69) is 34.9 Å². The third-order valence-electron chi connectivity index (χ3n) is 2.38. The number of aromatic amines is 1. The fourth-order valence-corrected chi connectivity index (χ4v) is 1.44. The zero-order valence-electron chi connectivity index (χ0n) is 11.1. The van der Waals surface area contributed by atoms with Crippen LogP contribution in [0.3, 0.4) is 0 Å². The van der Waals surface area contributed by atoms with Crippen molar-refractivity contribution in [1.29, 1.82) is 0 Å². The molecule has 3 rings (SSSR count). The lowest BCUT2D eigenvalue weighted by atomic mass is 10.3. The highest BCUT2D eigenvalue weighted by Crippen LogP contribution is 2.16. The number of amides is 1. The van der Waals surface area contributed by atoms with Gasteiger partial charge in [-0.15, -0.1) is 0 Å². The van der Waals surface area contributed by atoms with Gasteiger partial charge in [0.15, 0.2) is 11.5 Å². The van der Waals surface area contributed by atoms with Gasteiger partial charge in [0.2, 0.25) is 11.9 Å². The van der Waals surface area contributed by atoms with Crippen LogP contribution in [0.5, 0.6) is 0 Å². The molecule has 1 amide bonds. The Balaban J connectivity index is 0.000000172. The van der Waals surface area contributed by atoms with E-state index in [1.54, 1.807) is 18.3 Å². The quantitative estimate of drug-likeness (QED) is 0.360. The number of nitrogens with two attached hydrogens (primary N) is 2. The lowest BCUT2D eigenvalue weighted by Gasteiger charge is -1.94. The Morgan fingerprint density at radius 1 is 1.41 bits per heavy atom. The van der Waals surface area contributed by atoms with E-state index in [1.165, 1.54) is 12.5 Å². The van der Waals surface area contributed by atoms with E-state index >= 15 is 0 Å². The van der Waals surface area contributed by atoms with Crippen LogP contribution in [0.2, 0.25) is 0 Å². The van der Waals surface area contributed by atoms with Gasteiger partial charge in [-0.05, 0) is 22.8 Å². The smallest absolute Gasteiger partial charge is 0.250 e. The first-order valence-electron chi connectivity index (χ1n) is 5.83. The molecule has 0 bridgehead atoms. The van der Waals surface area contributed by atoms with Crippen LogP contribution in [0, 0.1) is 0 Å². The van der Waals surface area contributed by atoms with E-state index in [0.29, 0.717) is 16.7 Å². The Hall–Kier alpha value is -3.72. The highest BCUT2D eigenvalue weighted by atomic mass is 16.1. The van der Waals surface area contributed by atoms with E-state index in [0.717, 1.165) is 0 Å². The molecule has 0 unspecified atom stereocenters. The molecule has 22 heavy (non-hydrogen) atoms. The van der Waals surface area contributed by atoms with Crippen molar-refractivity contribution in [3.05, 3.63) is 46.9 Å². The van der Waals surface area contributed by atoms with Gasteiger partial charge in [0.25, 0.3) is 0 Å². The van der Waals surface area contributed by atoms with Crippen molar-refractivity contribution in [2.45, 2.75) is 0 Å². The normalized spacial score (nSPS) is 9.45. The summed E-state index contributed by atoms with van der Waals surface area (Å²) in [5, 5.41) is 3.22. The number of pyridine rings is 1. The number of hydrogen-bond donors (Lipinski definition) is 3. The van der Waals surface area contributed by atoms with Gasteiger partial charge in [-0.2, -0.15) is 0 Å². The van der Waals surface area contributed by atoms with Crippen LogP contribution in [0.4, 0.5) is 11.8 Å². The van der Waals surface area contributed by atoms with E-state index in [9.17, 15) is 4.79 Å². The summed E-state index contributed by atoms with van der Waals surface area (Å²) in [6.07, 6.45) is 4.46. The molecular formula is C11H10N10O. The number of aromatic nitrogens is 5. The summed E-state index contributed by atoms with van der Waals surface area (Å²) in [6.45, 7) is 0. The second kappa shape index (κ2) is 6.63. The molecule has 0 spiro atoms. The zero-order chi connectivity index (χ0) is 15.9. The SMILES string of the molecule is NC(=O)c1cccnc1.[N-]=[N+]=Nc1nc(N)c2[nH]cnc2n1. The maximum absolute atomic E-state index is 10.4. The molecule has 0 saturated carbocycles. The van der Waals surface area contributed by atoms with Crippen molar-refractivity contribution < 1.29 is 4.79 Å². The molecule has 3 aromatic rings. The van der Waals surface area contributed by atoms with Crippen molar-refractivity contribution in [1.82, 2.24) is 24.9 Å². The first-order valence-corrected chi connectivity index (χ1v) is 5.83. The first-order chi connectivity index (χ1) is 10.6. The minimum absolute atomic E-state index is 0.0281. The van der Waals surface area contributed by atoms with Crippen molar-refractivity contribution in [3.8, 4) is 0 Å². The van der Waals surface area contributed by atoms with Gasteiger partial charge < -0.3 is 16.5 Å². The minimum atomic E-state index is -0.442. The molecule has 0 fully saturated rings. The molecule has 110 valence electrons. The highest BCUT2D eigenvalue weighted by molar-refractivity contribution is 5.92. The van der Waals surface area contributed by atoms with Gasteiger partial charge in [-0.25, -0.2) is 15.0 Å². The lowest BCUT2D eigenvalue weighted by molar-refractivity contribution is 0.1000. The predicted octanol–water partition coefficient (Wildman–Crippen LogP) is 1.06. The number of nitrogens with one attached hydrogen (secondary N) is 1. The summed E-state index contributed by atoms with van der Waals surface area (Å²) in [5.41, 5.74) is 20.0. The van der Waals surface area contributed by atoms with Crippen LogP contribution in [-0.2, 0) is 0 Å². The van der Waals surface area contributed by atoms with Gasteiger partial charge in [-0.3, -0.25) is 9.78 Å². The van der Waals surface area contributed by atoms with Crippen LogP contribution in [0.1, 0.15) is 10.4 Å². The average molecular weight is 298 g/mol. The first kappa shape index (κ1) is 14.7. The molecule has 0 aromatic carbocycles. The number of carbonyl (C=O) groups excluding carboxylic acids is 1. The van der Waals surface area contributed by atoms with Crippen molar-refractivity contribution >= 4 is 28.8 Å². The van der Waals surface area contributed by atoms with Crippen LogP contribution in [0.15, 0.2) is 36.0 Å². The summed E-state index contributed by atoms with van der Waals surface area (Å²) < 4.78 is 0. The van der Waals surface area contributed by atoms with Gasteiger partial charge in [-0.1, -0.05) is 0 Å². The van der Waals surface area contributed by atoms with Crippen LogP contribution in [0.25, 0.3) is 21.6 Å². The fourth-order valence-electron chi connectivity index (χ4n) is 1.44. The Morgan fingerprint density at radius 3 is 2.82 bits per heavy atom. The number of rotatable bonds is 2. The van der Waals surface area contributed by atoms with E-state index in [1.807, 2.05) is 0 Å². The number of nitrogen functional groups attached to an aromatic ring is 1. The van der Waals surface area contributed by atoms with Gasteiger partial charge in [0.1, 0.15) is 5.52 Å². The van der Waals surface area contributed by atoms with Gasteiger partial charge in [0.05, 0.1) is 11.9 Å². The van der Waals surface area contributed by atoms with Gasteiger partial charge >= 0.3 is 0 Å². The number of primary amides is 1. The van der Waals surface area contributed by atoms with Crippen LogP contribution in [-0.4, -0.2) is 30.8 Å². The fraction of sp³-hybridized carbons (Fsp3) is 0. The predicted molar refractivity (Wildman–Crippen MR) is 77.7 cm³/mol. The largest absolute Gasteiger partial charge is 0.382 e. The third kappa shape index (κ3) is 3.43. The van der Waals surface area contributed by atoms with E-state index < -0.39 is 5.91 Å². The molecular weight excluding hydrogens is 288 g/mol. The molecule has 0 aliphatic carbocycles. The number of hydrogen-bond acceptors (Lipinski definition) is 7. The number of fused-ring (bicyclic) bond motifs is 1. The number of imidazole rings is 1. The molecule has 0 radical (unpaired) electrons. The van der Waals surface area contributed by atoms with Gasteiger partial charge in [0, 0.05) is 17.3 Å². The number of H-pyrrole nitrogens is 1. The number of carbonyl (C=O) groups is 1. The summed E-state index contributed by atoms with van der Waals surface area (Å²) in [4.78, 5) is 30.8. The van der Waals surface area contributed by atoms with Crippen LogP contribution >= 0.6 is 0 Å². The second-order valence-electron chi connectivity index (χ2n) is 3.81. The van der Waals surface area contributed by atoms with Crippen LogP contribution < -0.4 is 11.5 Å². The van der Waals surface area contributed by atoms with Crippen molar-refractivity contribution in [2.24, 2.45) is 10.8 Å². The standard InChI is InChI=1S/C6H6N2O.C5H4N8/c7-6(9)5-2-1-3-8-4-5;6-3-2-4(9-1-8-2)11-5(10-3)12-13-7/h1-4H,(H2,7,9);1H,(H3,6,8,9,10,11). The monoisotopic (exact) mass is 298 g/mol. The summed E-state index contributed by atoms with van der Waals surface area (Å²) in [5.74, 6) is -0.257. The molecule has 5 N–H and O–H groups in total. The Bertz CT molecular complexity index is 836. The molecule has 3 aromatic heterocycles. The molecule has 11 heteroatoms. The number of nitrogens with zero attached hydrogens (tertiary/aromatic N) is 7. The van der Waals surface area contributed by atoms with E-state index in [-0.39, 0.29) is 11.8 Å². The zero-order valence-corrected chi connectivity index (χ0v) is 11.1. The van der Waals surface area contributed by atoms with Crippen molar-refractivity contribution in [3.63, 3.8) is 0 Å². The second-order valence-corrected chi connectivity index (χ2v) is 3.81. The molecule has 0 saturated heterocycles. The maximum Gasteiger partial charge on any atom is 0.250 e. The Kier molecular flexibility index (Phi) is 4.43. The molecule has 0 atom stereocenters. The summed E-state index contributed by atoms with van der Waals surface area (Å²) in [6, 6.07) is 3.29. The minimum Gasteiger partial charge on any atom is -0.382 e. The topological polar surface area (TPSA) is 185 Å². The molecule has 0 aliphatic heterocycles. The average Bonchev–Trinajstić information content (AvgIpc) is 2.98. The number of azide groups is 1. The Labute approximate surface area is 123 Å². The summed E-state index contributed by atoms with van der Waals surface area (Å²) >= 11 is 0.